The van der Waals surface area contributed by atoms with E-state index >= 15 is 0 Å². The molecule has 80 valence electrons. The van der Waals surface area contributed by atoms with E-state index in [1.54, 1.807) is 38.1 Å². The Morgan fingerprint density at radius 2 is 1.93 bits per heavy atom. The molecule has 0 unspecified atom stereocenters. The summed E-state index contributed by atoms with van der Waals surface area (Å²) in [5.41, 5.74) is 0.509. The molecule has 0 bridgehead atoms. The van der Waals surface area contributed by atoms with Crippen LogP contribution >= 0.6 is 0 Å². The Morgan fingerprint density at radius 1 is 1.33 bits per heavy atom. The molecule has 0 aromatic heterocycles. The minimum absolute atomic E-state index is 0.117. The summed E-state index contributed by atoms with van der Waals surface area (Å²) in [6.45, 7) is 3.59. The normalized spacial score (nSPS) is 9.80. The molecule has 4 nitrogen and oxygen atoms in total. The predicted molar refractivity (Wildman–Crippen MR) is 57.9 cm³/mol. The van der Waals surface area contributed by atoms with Crippen molar-refractivity contribution in [1.29, 1.82) is 5.41 Å². The van der Waals surface area contributed by atoms with Gasteiger partial charge in [0.05, 0.1) is 6.10 Å². The SMILES string of the molecule is CC(C)OC(=N)NC(=O)c1ccccc1. The lowest BCUT2D eigenvalue weighted by molar-refractivity contribution is 0.0959. The molecular weight excluding hydrogens is 192 g/mol. The number of ether oxygens (including phenoxy) is 1. The monoisotopic (exact) mass is 206 g/mol. The first-order valence-electron chi connectivity index (χ1n) is 4.71. The molecule has 0 aliphatic heterocycles. The fourth-order valence-corrected chi connectivity index (χ4v) is 1.03. The van der Waals surface area contributed by atoms with Gasteiger partial charge in [-0.3, -0.25) is 15.5 Å². The number of hydrogen-bond donors (Lipinski definition) is 2. The average molecular weight is 206 g/mol. The summed E-state index contributed by atoms with van der Waals surface area (Å²) in [4.78, 5) is 11.5. The molecule has 2 N–H and O–H groups in total. The third-order valence-corrected chi connectivity index (χ3v) is 1.62. The van der Waals surface area contributed by atoms with E-state index in [1.807, 2.05) is 6.07 Å². The predicted octanol–water partition coefficient (Wildman–Crippen LogP) is 1.78. The molecule has 0 radical (unpaired) electrons. The van der Waals surface area contributed by atoms with Crippen LogP contribution in [-0.4, -0.2) is 18.0 Å². The topological polar surface area (TPSA) is 62.2 Å². The van der Waals surface area contributed by atoms with Crippen molar-refractivity contribution in [3.05, 3.63) is 35.9 Å². The molecule has 0 saturated heterocycles. The van der Waals surface area contributed by atoms with E-state index in [9.17, 15) is 4.79 Å². The second-order valence-corrected chi connectivity index (χ2v) is 3.32. The Labute approximate surface area is 88.8 Å². The zero-order chi connectivity index (χ0) is 11.3. The van der Waals surface area contributed by atoms with Crippen molar-refractivity contribution < 1.29 is 9.53 Å². The molecule has 0 spiro atoms. The Bertz CT molecular complexity index is 347. The van der Waals surface area contributed by atoms with E-state index in [-0.39, 0.29) is 18.0 Å². The quantitative estimate of drug-likeness (QED) is 0.572. The number of carbonyl (C=O) groups excluding carboxylic acids is 1. The molecule has 0 aliphatic rings. The molecule has 0 heterocycles. The van der Waals surface area contributed by atoms with Gasteiger partial charge in [0.15, 0.2) is 0 Å². The molecule has 1 rings (SSSR count). The molecule has 0 saturated carbocycles. The van der Waals surface area contributed by atoms with E-state index in [2.05, 4.69) is 5.32 Å². The van der Waals surface area contributed by atoms with Gasteiger partial charge in [-0.15, -0.1) is 0 Å². The second kappa shape index (κ2) is 5.14. The fourth-order valence-electron chi connectivity index (χ4n) is 1.03. The van der Waals surface area contributed by atoms with Gasteiger partial charge in [0.25, 0.3) is 11.9 Å². The van der Waals surface area contributed by atoms with Crippen LogP contribution in [0.25, 0.3) is 0 Å². The first-order valence-corrected chi connectivity index (χ1v) is 4.71. The standard InChI is InChI=1S/C11H14N2O2/c1-8(2)15-11(12)13-10(14)9-6-4-3-5-7-9/h3-8H,1-2H3,(H2,12,13,14). The maximum absolute atomic E-state index is 11.5. The first-order chi connectivity index (χ1) is 7.09. The Morgan fingerprint density at radius 3 is 2.47 bits per heavy atom. The van der Waals surface area contributed by atoms with Crippen LogP contribution in [0.15, 0.2) is 30.3 Å². The van der Waals surface area contributed by atoms with E-state index < -0.39 is 0 Å². The van der Waals surface area contributed by atoms with Crippen LogP contribution in [0.2, 0.25) is 0 Å². The van der Waals surface area contributed by atoms with E-state index in [0.717, 1.165) is 0 Å². The summed E-state index contributed by atoms with van der Waals surface area (Å²) in [6, 6.07) is 8.49. The van der Waals surface area contributed by atoms with Gasteiger partial charge in [0.1, 0.15) is 0 Å². The fraction of sp³-hybridized carbons (Fsp3) is 0.273. The lowest BCUT2D eigenvalue weighted by atomic mass is 10.2. The van der Waals surface area contributed by atoms with Crippen molar-refractivity contribution >= 4 is 11.9 Å². The maximum atomic E-state index is 11.5. The van der Waals surface area contributed by atoms with Crippen molar-refractivity contribution in [3.63, 3.8) is 0 Å². The summed E-state index contributed by atoms with van der Waals surface area (Å²) in [5, 5.41) is 9.69. The summed E-state index contributed by atoms with van der Waals surface area (Å²) in [7, 11) is 0. The highest BCUT2D eigenvalue weighted by molar-refractivity contribution is 6.03. The van der Waals surface area contributed by atoms with Crippen LogP contribution in [0, 0.1) is 5.41 Å². The molecule has 1 amide bonds. The molecule has 1 aromatic carbocycles. The molecule has 1 aromatic rings. The van der Waals surface area contributed by atoms with E-state index in [1.165, 1.54) is 0 Å². The molecule has 0 fully saturated rings. The van der Waals surface area contributed by atoms with Crippen molar-refractivity contribution in [1.82, 2.24) is 5.32 Å². The summed E-state index contributed by atoms with van der Waals surface area (Å²) in [5.74, 6) is -0.332. The van der Waals surface area contributed by atoms with E-state index in [4.69, 9.17) is 10.1 Å². The highest BCUT2D eigenvalue weighted by Crippen LogP contribution is 1.98. The summed E-state index contributed by atoms with van der Waals surface area (Å²) >= 11 is 0. The lowest BCUT2D eigenvalue weighted by Crippen LogP contribution is -2.33. The number of benzene rings is 1. The average Bonchev–Trinajstić information content (AvgIpc) is 2.17. The highest BCUT2D eigenvalue weighted by Gasteiger charge is 2.08. The van der Waals surface area contributed by atoms with E-state index in [0.29, 0.717) is 5.56 Å². The minimum atomic E-state index is -0.332. The minimum Gasteiger partial charge on any atom is -0.462 e. The van der Waals surface area contributed by atoms with Gasteiger partial charge in [-0.2, -0.15) is 0 Å². The van der Waals surface area contributed by atoms with Crippen LogP contribution in [-0.2, 0) is 4.74 Å². The Balaban J connectivity index is 2.53. The summed E-state index contributed by atoms with van der Waals surface area (Å²) in [6.07, 6.45) is -0.117. The van der Waals surface area contributed by atoms with Crippen LogP contribution in [0.4, 0.5) is 0 Å². The number of rotatable bonds is 2. The van der Waals surface area contributed by atoms with Gasteiger partial charge in [-0.05, 0) is 26.0 Å². The lowest BCUT2D eigenvalue weighted by Gasteiger charge is -2.10. The maximum Gasteiger partial charge on any atom is 0.289 e. The number of carbonyl (C=O) groups is 1. The highest BCUT2D eigenvalue weighted by atomic mass is 16.5. The third kappa shape index (κ3) is 3.81. The molecule has 0 aliphatic carbocycles. The molecule has 0 atom stereocenters. The Hall–Kier alpha value is -1.84. The van der Waals surface area contributed by atoms with Crippen molar-refractivity contribution in [3.8, 4) is 0 Å². The van der Waals surface area contributed by atoms with Crippen molar-refractivity contribution in [2.45, 2.75) is 20.0 Å². The third-order valence-electron chi connectivity index (χ3n) is 1.62. The largest absolute Gasteiger partial charge is 0.462 e. The smallest absolute Gasteiger partial charge is 0.289 e. The number of amidine groups is 1. The zero-order valence-corrected chi connectivity index (χ0v) is 8.78. The number of hydrogen-bond acceptors (Lipinski definition) is 3. The van der Waals surface area contributed by atoms with Crippen LogP contribution in [0.3, 0.4) is 0 Å². The first kappa shape index (κ1) is 11.2. The van der Waals surface area contributed by atoms with Gasteiger partial charge >= 0.3 is 0 Å². The Kier molecular flexibility index (Phi) is 3.85. The van der Waals surface area contributed by atoms with Crippen LogP contribution in [0.5, 0.6) is 0 Å². The van der Waals surface area contributed by atoms with Crippen LogP contribution < -0.4 is 5.32 Å². The van der Waals surface area contributed by atoms with Gasteiger partial charge in [0, 0.05) is 5.56 Å². The summed E-state index contributed by atoms with van der Waals surface area (Å²) < 4.78 is 4.99. The molecule has 4 heteroatoms. The van der Waals surface area contributed by atoms with Gasteiger partial charge in [0.2, 0.25) is 0 Å². The number of nitrogens with one attached hydrogen (secondary N) is 2. The number of amides is 1. The van der Waals surface area contributed by atoms with Crippen molar-refractivity contribution in [2.75, 3.05) is 0 Å². The molecular formula is C11H14N2O2. The van der Waals surface area contributed by atoms with Gasteiger partial charge in [-0.25, -0.2) is 0 Å². The van der Waals surface area contributed by atoms with Crippen molar-refractivity contribution in [2.24, 2.45) is 0 Å². The van der Waals surface area contributed by atoms with Gasteiger partial charge < -0.3 is 4.74 Å². The second-order valence-electron chi connectivity index (χ2n) is 3.32. The zero-order valence-electron chi connectivity index (χ0n) is 8.78. The van der Waals surface area contributed by atoms with Crippen LogP contribution in [0.1, 0.15) is 24.2 Å². The molecule has 15 heavy (non-hydrogen) atoms. The van der Waals surface area contributed by atoms with Gasteiger partial charge in [-0.1, -0.05) is 18.2 Å².